The molecule has 1 unspecified atom stereocenters. The summed E-state index contributed by atoms with van der Waals surface area (Å²) in [6, 6.07) is 5.63. The van der Waals surface area contributed by atoms with Gasteiger partial charge in [0.25, 0.3) is 0 Å². The Morgan fingerprint density at radius 2 is 2.45 bits per heavy atom. The van der Waals surface area contributed by atoms with Crippen LogP contribution in [0.25, 0.3) is 0 Å². The largest absolute Gasteiger partial charge is 0.496 e. The number of methoxy groups -OCH3 is 1. The molecule has 1 aromatic carbocycles. The van der Waals surface area contributed by atoms with Crippen LogP contribution in [0, 0.1) is 5.92 Å². The molecule has 1 saturated heterocycles. The number of nitrogens with zero attached hydrogens (tertiary/aromatic N) is 1. The molecule has 4 N–H and O–H groups in total. The first-order valence-electron chi connectivity index (χ1n) is 6.68. The maximum atomic E-state index is 8.72. The zero-order valence-corrected chi connectivity index (χ0v) is 11.6. The first-order chi connectivity index (χ1) is 9.74. The lowest BCUT2D eigenvalue weighted by Crippen LogP contribution is -2.22. The van der Waals surface area contributed by atoms with Crippen LogP contribution in [0.15, 0.2) is 23.4 Å². The second-order valence-corrected chi connectivity index (χ2v) is 4.88. The Morgan fingerprint density at radius 3 is 3.10 bits per heavy atom. The highest BCUT2D eigenvalue weighted by atomic mass is 16.5. The molecule has 1 heterocycles. The lowest BCUT2D eigenvalue weighted by atomic mass is 10.1. The number of hydrogen-bond acceptors (Lipinski definition) is 5. The highest BCUT2D eigenvalue weighted by Gasteiger charge is 2.15. The van der Waals surface area contributed by atoms with E-state index in [1.54, 1.807) is 13.2 Å². The molecule has 0 saturated carbocycles. The Labute approximate surface area is 118 Å². The minimum atomic E-state index is 0.0458. The van der Waals surface area contributed by atoms with Crippen LogP contribution in [0.2, 0.25) is 0 Å². The summed E-state index contributed by atoms with van der Waals surface area (Å²) in [7, 11) is 1.57. The summed E-state index contributed by atoms with van der Waals surface area (Å²) in [5, 5.41) is 15.1. The van der Waals surface area contributed by atoms with Crippen molar-refractivity contribution in [1.82, 2.24) is 5.32 Å². The average molecular weight is 279 g/mol. The third-order valence-electron chi connectivity index (χ3n) is 3.44. The molecule has 1 aromatic rings. The Balaban J connectivity index is 1.94. The quantitative estimate of drug-likeness (QED) is 0.312. The van der Waals surface area contributed by atoms with E-state index in [9.17, 15) is 0 Å². The van der Waals surface area contributed by atoms with Gasteiger partial charge in [0.2, 0.25) is 0 Å². The average Bonchev–Trinajstić information content (AvgIpc) is 2.99. The van der Waals surface area contributed by atoms with Gasteiger partial charge in [0.05, 0.1) is 19.3 Å². The summed E-state index contributed by atoms with van der Waals surface area (Å²) in [6.45, 7) is 3.42. The molecule has 20 heavy (non-hydrogen) atoms. The van der Waals surface area contributed by atoms with Gasteiger partial charge in [-0.1, -0.05) is 11.2 Å². The van der Waals surface area contributed by atoms with Crippen LogP contribution >= 0.6 is 0 Å². The Hall–Kier alpha value is -1.79. The fraction of sp³-hybridized carbons (Fsp3) is 0.500. The Bertz CT molecular complexity index is 471. The van der Waals surface area contributed by atoms with E-state index in [1.807, 2.05) is 12.1 Å². The normalized spacial score (nSPS) is 19.2. The van der Waals surface area contributed by atoms with Crippen molar-refractivity contribution in [3.05, 3.63) is 29.3 Å². The van der Waals surface area contributed by atoms with E-state index in [1.165, 1.54) is 0 Å². The molecule has 110 valence electrons. The van der Waals surface area contributed by atoms with Gasteiger partial charge in [-0.3, -0.25) is 0 Å². The maximum Gasteiger partial charge on any atom is 0.173 e. The topological polar surface area (TPSA) is 89.1 Å². The molecule has 1 aliphatic rings. The first kappa shape index (κ1) is 14.6. The second-order valence-electron chi connectivity index (χ2n) is 4.88. The summed E-state index contributed by atoms with van der Waals surface area (Å²) >= 11 is 0. The Morgan fingerprint density at radius 1 is 1.60 bits per heavy atom. The minimum absolute atomic E-state index is 0.0458. The van der Waals surface area contributed by atoms with Gasteiger partial charge in [-0.2, -0.15) is 0 Å². The highest BCUT2D eigenvalue weighted by molar-refractivity contribution is 5.99. The smallest absolute Gasteiger partial charge is 0.173 e. The Kier molecular flexibility index (Phi) is 5.20. The van der Waals surface area contributed by atoms with E-state index >= 15 is 0 Å². The number of ether oxygens (including phenoxy) is 2. The number of rotatable bonds is 6. The van der Waals surface area contributed by atoms with Crippen molar-refractivity contribution in [1.29, 1.82) is 0 Å². The van der Waals surface area contributed by atoms with Crippen LogP contribution in [0.3, 0.4) is 0 Å². The first-order valence-corrected chi connectivity index (χ1v) is 6.68. The van der Waals surface area contributed by atoms with Crippen molar-refractivity contribution in [3.63, 3.8) is 0 Å². The summed E-state index contributed by atoms with van der Waals surface area (Å²) in [5.74, 6) is 1.25. The second kappa shape index (κ2) is 7.12. The molecule has 0 bridgehead atoms. The number of benzene rings is 1. The highest BCUT2D eigenvalue weighted by Crippen LogP contribution is 2.20. The SMILES string of the molecule is COc1cc(CNCC2CCOC2)ccc1/C(N)=N/O. The van der Waals surface area contributed by atoms with E-state index in [4.69, 9.17) is 20.4 Å². The molecule has 6 nitrogen and oxygen atoms in total. The standard InChI is InChI=1S/C14H21N3O3/c1-19-13-6-10(2-3-12(13)14(15)17-18)7-16-8-11-4-5-20-9-11/h2-3,6,11,16,18H,4-5,7-9H2,1H3,(H2,15,17). The van der Waals surface area contributed by atoms with Crippen molar-refractivity contribution < 1.29 is 14.7 Å². The fourth-order valence-corrected chi connectivity index (χ4v) is 2.28. The van der Waals surface area contributed by atoms with Gasteiger partial charge in [0.1, 0.15) is 5.75 Å². The van der Waals surface area contributed by atoms with Crippen molar-refractivity contribution in [3.8, 4) is 5.75 Å². The van der Waals surface area contributed by atoms with Gasteiger partial charge in [0.15, 0.2) is 5.84 Å². The molecule has 1 atom stereocenters. The summed E-state index contributed by atoms with van der Waals surface area (Å²) < 4.78 is 10.6. The van der Waals surface area contributed by atoms with E-state index in [0.717, 1.165) is 38.3 Å². The van der Waals surface area contributed by atoms with E-state index < -0.39 is 0 Å². The molecule has 0 aromatic heterocycles. The molecule has 0 spiro atoms. The van der Waals surface area contributed by atoms with Crippen LogP contribution in [0.1, 0.15) is 17.5 Å². The molecular formula is C14H21N3O3. The molecule has 0 radical (unpaired) electrons. The zero-order chi connectivity index (χ0) is 14.4. The number of hydrogen-bond donors (Lipinski definition) is 3. The summed E-state index contributed by atoms with van der Waals surface area (Å²) in [6.07, 6.45) is 1.12. The molecule has 0 aliphatic carbocycles. The maximum absolute atomic E-state index is 8.72. The number of nitrogens with two attached hydrogens (primary N) is 1. The summed E-state index contributed by atoms with van der Waals surface area (Å²) in [4.78, 5) is 0. The van der Waals surface area contributed by atoms with E-state index in [2.05, 4.69) is 10.5 Å². The summed E-state index contributed by atoms with van der Waals surface area (Å²) in [5.41, 5.74) is 7.27. The van der Waals surface area contributed by atoms with Crippen LogP contribution in [0.4, 0.5) is 0 Å². The van der Waals surface area contributed by atoms with E-state index in [0.29, 0.717) is 17.2 Å². The molecule has 0 amide bonds. The van der Waals surface area contributed by atoms with Crippen molar-refractivity contribution in [2.45, 2.75) is 13.0 Å². The molecule has 1 fully saturated rings. The van der Waals surface area contributed by atoms with Crippen molar-refractivity contribution in [2.24, 2.45) is 16.8 Å². The predicted molar refractivity (Wildman–Crippen MR) is 76.1 cm³/mol. The van der Waals surface area contributed by atoms with Gasteiger partial charge in [-0.25, -0.2) is 0 Å². The van der Waals surface area contributed by atoms with E-state index in [-0.39, 0.29) is 5.84 Å². The number of nitrogens with one attached hydrogen (secondary N) is 1. The van der Waals surface area contributed by atoms with Gasteiger partial charge < -0.3 is 25.7 Å². The van der Waals surface area contributed by atoms with Gasteiger partial charge in [-0.15, -0.1) is 0 Å². The lowest BCUT2D eigenvalue weighted by Gasteiger charge is -2.12. The minimum Gasteiger partial charge on any atom is -0.496 e. The third-order valence-corrected chi connectivity index (χ3v) is 3.44. The molecule has 2 rings (SSSR count). The monoisotopic (exact) mass is 279 g/mol. The number of amidine groups is 1. The van der Waals surface area contributed by atoms with Crippen molar-refractivity contribution in [2.75, 3.05) is 26.9 Å². The molecular weight excluding hydrogens is 258 g/mol. The van der Waals surface area contributed by atoms with Crippen LogP contribution in [0.5, 0.6) is 5.75 Å². The van der Waals surface area contributed by atoms with Gasteiger partial charge >= 0.3 is 0 Å². The predicted octanol–water partition coefficient (Wildman–Crippen LogP) is 0.916. The van der Waals surface area contributed by atoms with Crippen LogP contribution in [-0.4, -0.2) is 37.9 Å². The third kappa shape index (κ3) is 3.61. The van der Waals surface area contributed by atoms with Gasteiger partial charge in [-0.05, 0) is 30.0 Å². The zero-order valence-electron chi connectivity index (χ0n) is 11.6. The number of oxime groups is 1. The van der Waals surface area contributed by atoms with Crippen LogP contribution in [-0.2, 0) is 11.3 Å². The molecule has 6 heteroatoms. The van der Waals surface area contributed by atoms with Gasteiger partial charge in [0, 0.05) is 19.7 Å². The fourth-order valence-electron chi connectivity index (χ4n) is 2.28. The lowest BCUT2D eigenvalue weighted by molar-refractivity contribution is 0.185. The van der Waals surface area contributed by atoms with Crippen LogP contribution < -0.4 is 15.8 Å². The molecule has 1 aliphatic heterocycles. The van der Waals surface area contributed by atoms with Crippen molar-refractivity contribution >= 4 is 5.84 Å².